The number of hydrogen-bond donors (Lipinski definition) is 1. The minimum atomic E-state index is -0.372. The fourth-order valence-electron chi connectivity index (χ4n) is 3.33. The Bertz CT molecular complexity index is 619. The van der Waals surface area contributed by atoms with E-state index in [1.54, 1.807) is 0 Å². The second kappa shape index (κ2) is 8.60. The number of methoxy groups -OCH3 is 1. The summed E-state index contributed by atoms with van der Waals surface area (Å²) in [6.07, 6.45) is 0.619. The zero-order chi connectivity index (χ0) is 17.6. The molecule has 1 N–H and O–H groups in total. The summed E-state index contributed by atoms with van der Waals surface area (Å²) in [5.41, 5.74) is 2.39. The molecular weight excluding hydrogens is 338 g/mol. The summed E-state index contributed by atoms with van der Waals surface area (Å²) in [6, 6.07) is 7.80. The first-order valence-electron chi connectivity index (χ1n) is 8.68. The second-order valence-electron chi connectivity index (χ2n) is 6.33. The Balaban J connectivity index is 1.61. The zero-order valence-electron chi connectivity index (χ0n) is 14.6. The number of nitrogens with zero attached hydrogens (tertiary/aromatic N) is 2. The van der Waals surface area contributed by atoms with Gasteiger partial charge in [0.05, 0.1) is 20.3 Å². The smallest absolute Gasteiger partial charge is 0.328 e. The van der Waals surface area contributed by atoms with Crippen LogP contribution in [0.3, 0.4) is 0 Å². The Morgan fingerprint density at radius 1 is 1.32 bits per heavy atom. The van der Waals surface area contributed by atoms with Crippen LogP contribution >= 0.6 is 12.2 Å². The van der Waals surface area contributed by atoms with Crippen molar-refractivity contribution in [1.29, 1.82) is 0 Å². The van der Waals surface area contributed by atoms with Gasteiger partial charge >= 0.3 is 5.97 Å². The van der Waals surface area contributed by atoms with Crippen LogP contribution in [0, 0.1) is 0 Å². The summed E-state index contributed by atoms with van der Waals surface area (Å²) in [7, 11) is 1.43. The van der Waals surface area contributed by atoms with E-state index in [1.807, 2.05) is 17.0 Å². The van der Waals surface area contributed by atoms with Gasteiger partial charge in [-0.05, 0) is 23.3 Å². The van der Waals surface area contributed by atoms with E-state index in [4.69, 9.17) is 21.7 Å². The van der Waals surface area contributed by atoms with Crippen molar-refractivity contribution in [2.24, 2.45) is 0 Å². The molecule has 3 rings (SSSR count). The third-order valence-corrected chi connectivity index (χ3v) is 5.17. The Morgan fingerprint density at radius 3 is 2.76 bits per heavy atom. The SMILES string of the molecule is COC(=O)[C@H]1Cc2ccccc2CN1C(=S)NCCN1CCOCC1. The van der Waals surface area contributed by atoms with E-state index in [0.29, 0.717) is 18.1 Å². The standard InChI is InChI=1S/C18H25N3O3S/c1-23-17(22)16-12-14-4-2-3-5-15(14)13-21(16)18(25)19-6-7-20-8-10-24-11-9-20/h2-5,16H,6-13H2,1H3,(H,19,25)/t16-/m1/s1. The molecule has 1 fully saturated rings. The lowest BCUT2D eigenvalue weighted by Crippen LogP contribution is -2.53. The number of carbonyl (C=O) groups is 1. The first-order valence-corrected chi connectivity index (χ1v) is 9.09. The number of fused-ring (bicyclic) bond motifs is 1. The van der Waals surface area contributed by atoms with E-state index < -0.39 is 0 Å². The van der Waals surface area contributed by atoms with Gasteiger partial charge in [-0.3, -0.25) is 4.90 Å². The molecule has 0 aliphatic carbocycles. The topological polar surface area (TPSA) is 54.0 Å². The number of nitrogens with one attached hydrogen (secondary N) is 1. The van der Waals surface area contributed by atoms with Crippen molar-refractivity contribution in [2.45, 2.75) is 19.0 Å². The molecule has 2 aliphatic heterocycles. The molecule has 2 heterocycles. The van der Waals surface area contributed by atoms with Gasteiger partial charge in [-0.2, -0.15) is 0 Å². The summed E-state index contributed by atoms with van der Waals surface area (Å²) < 4.78 is 10.4. The van der Waals surface area contributed by atoms with E-state index in [9.17, 15) is 4.79 Å². The normalized spacial score (nSPS) is 20.7. The predicted octanol–water partition coefficient (Wildman–Crippen LogP) is 0.793. The molecule has 2 aliphatic rings. The van der Waals surface area contributed by atoms with Gasteiger partial charge in [0.2, 0.25) is 0 Å². The first-order chi connectivity index (χ1) is 12.2. The Labute approximate surface area is 154 Å². The average molecular weight is 363 g/mol. The minimum absolute atomic E-state index is 0.244. The molecule has 0 radical (unpaired) electrons. The Hall–Kier alpha value is -1.70. The molecule has 1 aromatic rings. The van der Waals surface area contributed by atoms with E-state index >= 15 is 0 Å². The molecule has 1 atom stereocenters. The van der Waals surface area contributed by atoms with Gasteiger partial charge in [0, 0.05) is 39.1 Å². The van der Waals surface area contributed by atoms with Gasteiger partial charge in [-0.1, -0.05) is 24.3 Å². The number of esters is 1. The maximum absolute atomic E-state index is 12.2. The molecule has 6 nitrogen and oxygen atoms in total. The van der Waals surface area contributed by atoms with E-state index in [2.05, 4.69) is 22.3 Å². The average Bonchev–Trinajstić information content (AvgIpc) is 2.67. The number of benzene rings is 1. The lowest BCUT2D eigenvalue weighted by Gasteiger charge is -2.37. The number of ether oxygens (including phenoxy) is 2. The summed E-state index contributed by atoms with van der Waals surface area (Å²) >= 11 is 5.58. The molecule has 0 amide bonds. The van der Waals surface area contributed by atoms with Crippen LogP contribution < -0.4 is 5.32 Å². The van der Waals surface area contributed by atoms with Gasteiger partial charge in [0.15, 0.2) is 5.11 Å². The van der Waals surface area contributed by atoms with Crippen molar-refractivity contribution in [3.05, 3.63) is 35.4 Å². The fraction of sp³-hybridized carbons (Fsp3) is 0.556. The van der Waals surface area contributed by atoms with Crippen molar-refractivity contribution in [3.8, 4) is 0 Å². The van der Waals surface area contributed by atoms with Gasteiger partial charge < -0.3 is 19.7 Å². The molecule has 7 heteroatoms. The van der Waals surface area contributed by atoms with Crippen LogP contribution in [0.2, 0.25) is 0 Å². The fourth-order valence-corrected chi connectivity index (χ4v) is 3.62. The molecule has 0 saturated carbocycles. The number of hydrogen-bond acceptors (Lipinski definition) is 5. The van der Waals surface area contributed by atoms with Crippen LogP contribution in [-0.4, -0.2) is 73.4 Å². The van der Waals surface area contributed by atoms with Crippen LogP contribution in [0.4, 0.5) is 0 Å². The molecule has 0 bridgehead atoms. The van der Waals surface area contributed by atoms with Gasteiger partial charge in [0.25, 0.3) is 0 Å². The van der Waals surface area contributed by atoms with E-state index in [1.165, 1.54) is 18.2 Å². The van der Waals surface area contributed by atoms with Crippen molar-refractivity contribution in [1.82, 2.24) is 15.1 Å². The van der Waals surface area contributed by atoms with E-state index in [0.717, 1.165) is 39.4 Å². The highest BCUT2D eigenvalue weighted by Gasteiger charge is 2.33. The summed E-state index contributed by atoms with van der Waals surface area (Å²) in [6.45, 7) is 5.78. The second-order valence-corrected chi connectivity index (χ2v) is 6.71. The molecule has 25 heavy (non-hydrogen) atoms. The lowest BCUT2D eigenvalue weighted by molar-refractivity contribution is -0.145. The highest BCUT2D eigenvalue weighted by molar-refractivity contribution is 7.80. The van der Waals surface area contributed by atoms with Crippen LogP contribution in [0.5, 0.6) is 0 Å². The molecule has 1 aromatic carbocycles. The van der Waals surface area contributed by atoms with Crippen molar-refractivity contribution < 1.29 is 14.3 Å². The molecular formula is C18H25N3O3S. The predicted molar refractivity (Wildman–Crippen MR) is 99.4 cm³/mol. The Morgan fingerprint density at radius 2 is 2.04 bits per heavy atom. The maximum atomic E-state index is 12.2. The minimum Gasteiger partial charge on any atom is -0.467 e. The van der Waals surface area contributed by atoms with Gasteiger partial charge in [-0.15, -0.1) is 0 Å². The quantitative estimate of drug-likeness (QED) is 0.627. The van der Waals surface area contributed by atoms with Crippen LogP contribution in [0.25, 0.3) is 0 Å². The first kappa shape index (κ1) is 18.1. The van der Waals surface area contributed by atoms with Crippen LogP contribution in [-0.2, 0) is 27.2 Å². The number of rotatable bonds is 4. The lowest BCUT2D eigenvalue weighted by atomic mass is 9.94. The zero-order valence-corrected chi connectivity index (χ0v) is 15.4. The molecule has 0 spiro atoms. The highest BCUT2D eigenvalue weighted by Crippen LogP contribution is 2.24. The summed E-state index contributed by atoms with van der Waals surface area (Å²) in [4.78, 5) is 16.5. The third-order valence-electron chi connectivity index (χ3n) is 4.79. The number of carbonyl (C=O) groups excluding carboxylic acids is 1. The summed E-state index contributed by atoms with van der Waals surface area (Å²) in [5.74, 6) is -0.244. The van der Waals surface area contributed by atoms with Crippen molar-refractivity contribution in [2.75, 3.05) is 46.5 Å². The highest BCUT2D eigenvalue weighted by atomic mass is 32.1. The molecule has 136 valence electrons. The largest absolute Gasteiger partial charge is 0.467 e. The molecule has 1 saturated heterocycles. The third kappa shape index (κ3) is 4.48. The van der Waals surface area contributed by atoms with Crippen molar-refractivity contribution >= 4 is 23.3 Å². The van der Waals surface area contributed by atoms with Crippen LogP contribution in [0.1, 0.15) is 11.1 Å². The molecule has 0 unspecified atom stereocenters. The molecule has 0 aromatic heterocycles. The maximum Gasteiger partial charge on any atom is 0.328 e. The van der Waals surface area contributed by atoms with Gasteiger partial charge in [-0.25, -0.2) is 4.79 Å². The van der Waals surface area contributed by atoms with Gasteiger partial charge in [0.1, 0.15) is 6.04 Å². The number of morpholine rings is 1. The van der Waals surface area contributed by atoms with Crippen LogP contribution in [0.15, 0.2) is 24.3 Å². The Kier molecular flexibility index (Phi) is 6.23. The number of thiocarbonyl (C=S) groups is 1. The summed E-state index contributed by atoms with van der Waals surface area (Å²) in [5, 5.41) is 3.92. The monoisotopic (exact) mass is 363 g/mol. The van der Waals surface area contributed by atoms with Crippen molar-refractivity contribution in [3.63, 3.8) is 0 Å². The van der Waals surface area contributed by atoms with E-state index in [-0.39, 0.29) is 12.0 Å².